The Hall–Kier alpha value is -4.44. The molecular weight excluding hydrogens is 434 g/mol. The normalized spacial score (nSPS) is 13.9. The van der Waals surface area contributed by atoms with Gasteiger partial charge in [-0.3, -0.25) is 14.2 Å². The third-order valence-electron chi connectivity index (χ3n) is 6.68. The van der Waals surface area contributed by atoms with Crippen LogP contribution in [0.3, 0.4) is 0 Å². The first-order chi connectivity index (χ1) is 17.2. The predicted molar refractivity (Wildman–Crippen MR) is 138 cm³/mol. The SMILES string of the molecule is O=C(CC1c2ccccc2-c2c(-c3ccccc3)c3ccccc3c(=O)n21)OCc1ccccc1. The number of hydrogen-bond acceptors (Lipinski definition) is 3. The van der Waals surface area contributed by atoms with Gasteiger partial charge >= 0.3 is 5.97 Å². The second-order valence-electron chi connectivity index (χ2n) is 8.76. The predicted octanol–water partition coefficient (Wildman–Crippen LogP) is 6.37. The highest BCUT2D eigenvalue weighted by Crippen LogP contribution is 2.46. The van der Waals surface area contributed by atoms with Crippen molar-refractivity contribution in [2.24, 2.45) is 0 Å². The number of carbonyl (C=O) groups excluding carboxylic acids is 1. The van der Waals surface area contributed by atoms with Gasteiger partial charge in [0.2, 0.25) is 0 Å². The first-order valence-electron chi connectivity index (χ1n) is 11.7. The Morgan fingerprint density at radius 1 is 0.743 bits per heavy atom. The average molecular weight is 458 g/mol. The Morgan fingerprint density at radius 3 is 2.14 bits per heavy atom. The number of hydrogen-bond donors (Lipinski definition) is 0. The summed E-state index contributed by atoms with van der Waals surface area (Å²) >= 11 is 0. The van der Waals surface area contributed by atoms with Gasteiger partial charge in [0.25, 0.3) is 5.56 Å². The van der Waals surface area contributed by atoms with Crippen LogP contribution in [0.15, 0.2) is 114 Å². The topological polar surface area (TPSA) is 48.3 Å². The maximum absolute atomic E-state index is 13.9. The van der Waals surface area contributed by atoms with Crippen LogP contribution in [0.5, 0.6) is 0 Å². The molecule has 0 radical (unpaired) electrons. The van der Waals surface area contributed by atoms with E-state index in [0.29, 0.717) is 5.39 Å². The highest BCUT2D eigenvalue weighted by molar-refractivity contribution is 6.04. The lowest BCUT2D eigenvalue weighted by atomic mass is 9.93. The van der Waals surface area contributed by atoms with Crippen molar-refractivity contribution in [3.8, 4) is 22.4 Å². The highest BCUT2D eigenvalue weighted by Gasteiger charge is 2.34. The van der Waals surface area contributed by atoms with Gasteiger partial charge in [-0.25, -0.2) is 0 Å². The monoisotopic (exact) mass is 457 g/mol. The van der Waals surface area contributed by atoms with Gasteiger partial charge in [-0.1, -0.05) is 103 Å². The van der Waals surface area contributed by atoms with E-state index in [0.717, 1.165) is 38.9 Å². The summed E-state index contributed by atoms with van der Waals surface area (Å²) in [5.41, 5.74) is 5.69. The Kier molecular flexibility index (Phi) is 5.27. The molecule has 1 atom stereocenters. The minimum Gasteiger partial charge on any atom is -0.461 e. The average Bonchev–Trinajstić information content (AvgIpc) is 3.23. The minimum atomic E-state index is -0.427. The van der Waals surface area contributed by atoms with Crippen LogP contribution in [0, 0.1) is 0 Å². The number of benzene rings is 4. The van der Waals surface area contributed by atoms with Gasteiger partial charge in [0.15, 0.2) is 0 Å². The van der Waals surface area contributed by atoms with E-state index in [9.17, 15) is 9.59 Å². The van der Waals surface area contributed by atoms with Crippen LogP contribution in [0.1, 0.15) is 23.6 Å². The van der Waals surface area contributed by atoms with Crippen molar-refractivity contribution in [3.05, 3.63) is 131 Å². The van der Waals surface area contributed by atoms with Crippen molar-refractivity contribution in [3.63, 3.8) is 0 Å². The number of carbonyl (C=O) groups is 1. The fraction of sp³-hybridized carbons (Fsp3) is 0.0968. The Bertz CT molecular complexity index is 1600. The molecule has 1 aliphatic heterocycles. The van der Waals surface area contributed by atoms with Crippen molar-refractivity contribution < 1.29 is 9.53 Å². The first-order valence-corrected chi connectivity index (χ1v) is 11.7. The standard InChI is InChI=1S/C31H23NO3/c33-28(35-20-21-11-3-1-4-12-21)19-27-23-15-7-9-17-25(23)30-29(22-13-5-2-6-14-22)24-16-8-10-18-26(24)31(34)32(27)30/h1-18,27H,19-20H2. The fourth-order valence-corrected chi connectivity index (χ4v) is 5.12. The molecule has 5 aromatic rings. The van der Waals surface area contributed by atoms with E-state index in [1.807, 2.05) is 97.1 Å². The number of pyridine rings is 1. The summed E-state index contributed by atoms with van der Waals surface area (Å²) in [6, 6.07) is 35.0. The van der Waals surface area contributed by atoms with Gasteiger partial charge in [-0.2, -0.15) is 0 Å². The Labute approximate surface area is 203 Å². The number of fused-ring (bicyclic) bond motifs is 4. The Morgan fingerprint density at radius 2 is 1.37 bits per heavy atom. The van der Waals surface area contributed by atoms with Crippen LogP contribution in [-0.2, 0) is 16.1 Å². The van der Waals surface area contributed by atoms with Gasteiger partial charge in [0.05, 0.1) is 18.2 Å². The number of aromatic nitrogens is 1. The van der Waals surface area contributed by atoms with Crippen LogP contribution in [0.25, 0.3) is 33.2 Å². The molecule has 1 aromatic heterocycles. The van der Waals surface area contributed by atoms with Gasteiger partial charge in [0, 0.05) is 16.5 Å². The molecule has 6 rings (SSSR count). The Balaban J connectivity index is 1.50. The van der Waals surface area contributed by atoms with E-state index in [1.54, 1.807) is 4.57 Å². The molecule has 0 aliphatic carbocycles. The van der Waals surface area contributed by atoms with Gasteiger partial charge < -0.3 is 4.74 Å². The summed E-state index contributed by atoms with van der Waals surface area (Å²) in [6.07, 6.45) is 0.0866. The van der Waals surface area contributed by atoms with E-state index < -0.39 is 6.04 Å². The number of nitrogens with zero attached hydrogens (tertiary/aromatic N) is 1. The maximum atomic E-state index is 13.9. The van der Waals surface area contributed by atoms with Gasteiger partial charge in [-0.05, 0) is 28.1 Å². The van der Waals surface area contributed by atoms with E-state index in [1.165, 1.54) is 0 Å². The second kappa shape index (κ2) is 8.73. The lowest BCUT2D eigenvalue weighted by Gasteiger charge is -2.19. The molecule has 35 heavy (non-hydrogen) atoms. The third-order valence-corrected chi connectivity index (χ3v) is 6.68. The molecule has 0 spiro atoms. The molecule has 4 aromatic carbocycles. The summed E-state index contributed by atoms with van der Waals surface area (Å²) in [7, 11) is 0. The molecule has 0 saturated heterocycles. The summed E-state index contributed by atoms with van der Waals surface area (Å²) in [6.45, 7) is 0.211. The molecule has 0 N–H and O–H groups in total. The lowest BCUT2D eigenvalue weighted by Crippen LogP contribution is -2.26. The molecule has 0 fully saturated rings. The van der Waals surface area contributed by atoms with Gasteiger partial charge in [0.1, 0.15) is 6.61 Å². The number of rotatable bonds is 5. The summed E-state index contributed by atoms with van der Waals surface area (Å²) in [5, 5.41) is 1.56. The maximum Gasteiger partial charge on any atom is 0.308 e. The third kappa shape index (κ3) is 3.64. The van der Waals surface area contributed by atoms with Crippen LogP contribution < -0.4 is 5.56 Å². The zero-order chi connectivity index (χ0) is 23.8. The molecule has 1 aliphatic rings. The smallest absolute Gasteiger partial charge is 0.308 e. The first kappa shape index (κ1) is 21.1. The number of esters is 1. The van der Waals surface area contributed by atoms with Crippen LogP contribution in [-0.4, -0.2) is 10.5 Å². The molecular formula is C31H23NO3. The van der Waals surface area contributed by atoms with Crippen LogP contribution in [0.2, 0.25) is 0 Å². The van der Waals surface area contributed by atoms with Crippen LogP contribution in [0.4, 0.5) is 0 Å². The summed E-state index contributed by atoms with van der Waals surface area (Å²) in [4.78, 5) is 26.8. The summed E-state index contributed by atoms with van der Waals surface area (Å²) in [5.74, 6) is -0.331. The number of ether oxygens (including phenoxy) is 1. The van der Waals surface area contributed by atoms with Crippen molar-refractivity contribution in [1.82, 2.24) is 4.57 Å². The molecule has 0 bridgehead atoms. The molecule has 4 heteroatoms. The van der Waals surface area contributed by atoms with Crippen molar-refractivity contribution in [2.45, 2.75) is 19.1 Å². The highest BCUT2D eigenvalue weighted by atomic mass is 16.5. The minimum absolute atomic E-state index is 0.0866. The summed E-state index contributed by atoms with van der Waals surface area (Å²) < 4.78 is 7.41. The van der Waals surface area contributed by atoms with E-state index in [4.69, 9.17) is 4.74 Å². The van der Waals surface area contributed by atoms with E-state index >= 15 is 0 Å². The zero-order valence-corrected chi connectivity index (χ0v) is 19.1. The van der Waals surface area contributed by atoms with E-state index in [-0.39, 0.29) is 24.6 Å². The fourth-order valence-electron chi connectivity index (χ4n) is 5.12. The lowest BCUT2D eigenvalue weighted by molar-refractivity contribution is -0.145. The van der Waals surface area contributed by atoms with Crippen LogP contribution >= 0.6 is 0 Å². The molecule has 170 valence electrons. The molecule has 1 unspecified atom stereocenters. The quantitative estimate of drug-likeness (QED) is 0.288. The molecule has 0 amide bonds. The second-order valence-corrected chi connectivity index (χ2v) is 8.76. The molecule has 2 heterocycles. The van der Waals surface area contributed by atoms with Crippen molar-refractivity contribution in [1.29, 1.82) is 0 Å². The van der Waals surface area contributed by atoms with E-state index in [2.05, 4.69) is 12.1 Å². The zero-order valence-electron chi connectivity index (χ0n) is 19.1. The van der Waals surface area contributed by atoms with Gasteiger partial charge in [-0.15, -0.1) is 0 Å². The molecule has 0 saturated carbocycles. The largest absolute Gasteiger partial charge is 0.461 e. The van der Waals surface area contributed by atoms with Crippen molar-refractivity contribution in [2.75, 3.05) is 0 Å². The van der Waals surface area contributed by atoms with Crippen molar-refractivity contribution >= 4 is 16.7 Å². The molecule has 4 nitrogen and oxygen atoms in total.